The van der Waals surface area contributed by atoms with Gasteiger partial charge in [0.2, 0.25) is 10.0 Å². The van der Waals surface area contributed by atoms with Crippen LogP contribution in [0.15, 0.2) is 11.0 Å². The average molecular weight is 302 g/mol. The minimum atomic E-state index is -3.92. The van der Waals surface area contributed by atoms with Gasteiger partial charge in [0.05, 0.1) is 16.4 Å². The van der Waals surface area contributed by atoms with E-state index in [0.717, 1.165) is 0 Å². The van der Waals surface area contributed by atoms with E-state index in [4.69, 9.17) is 5.11 Å². The van der Waals surface area contributed by atoms with E-state index in [1.54, 1.807) is 13.8 Å². The normalized spacial score (nSPS) is 13.2. The van der Waals surface area contributed by atoms with Crippen LogP contribution in [-0.2, 0) is 10.0 Å². The SMILES string of the molecule is Cc1cc(C)c(S(=O)(=O)N[C@H](C)CO)c(C)c1[N+](=O)[O-]. The molecule has 1 atom stereocenters. The molecule has 0 radical (unpaired) electrons. The summed E-state index contributed by atoms with van der Waals surface area (Å²) in [5.74, 6) is 0. The molecule has 2 N–H and O–H groups in total. The quantitative estimate of drug-likeness (QED) is 0.627. The first-order valence-electron chi connectivity index (χ1n) is 6.00. The highest BCUT2D eigenvalue weighted by atomic mass is 32.2. The molecule has 0 spiro atoms. The standard InChI is InChI=1S/C12H18N2O5S/c1-7-5-8(2)12(10(4)11(7)14(16)17)20(18,19)13-9(3)6-15/h5,9,13,15H,6H2,1-4H3/t9-/m1/s1. The number of benzene rings is 1. The van der Waals surface area contributed by atoms with Crippen molar-refractivity contribution in [3.8, 4) is 0 Å². The van der Waals surface area contributed by atoms with Crippen molar-refractivity contribution in [1.29, 1.82) is 0 Å². The van der Waals surface area contributed by atoms with Crippen LogP contribution in [-0.4, -0.2) is 31.1 Å². The van der Waals surface area contributed by atoms with E-state index in [1.165, 1.54) is 19.9 Å². The molecule has 1 rings (SSSR count). The van der Waals surface area contributed by atoms with Crippen LogP contribution in [0, 0.1) is 30.9 Å². The van der Waals surface area contributed by atoms with Crippen LogP contribution in [0.25, 0.3) is 0 Å². The lowest BCUT2D eigenvalue weighted by atomic mass is 10.1. The summed E-state index contributed by atoms with van der Waals surface area (Å²) >= 11 is 0. The van der Waals surface area contributed by atoms with Gasteiger partial charge >= 0.3 is 0 Å². The van der Waals surface area contributed by atoms with Crippen molar-refractivity contribution in [2.45, 2.75) is 38.6 Å². The van der Waals surface area contributed by atoms with Crippen molar-refractivity contribution in [2.75, 3.05) is 6.61 Å². The Morgan fingerprint density at radius 3 is 2.35 bits per heavy atom. The van der Waals surface area contributed by atoms with Gasteiger partial charge in [-0.3, -0.25) is 10.1 Å². The Kier molecular flexibility index (Phi) is 4.85. The molecule has 0 aliphatic carbocycles. The highest BCUT2D eigenvalue weighted by Gasteiger charge is 2.28. The van der Waals surface area contributed by atoms with Gasteiger partial charge < -0.3 is 5.11 Å². The largest absolute Gasteiger partial charge is 0.395 e. The molecule has 0 fully saturated rings. The Balaban J connectivity index is 3.53. The number of nitro benzene ring substituents is 1. The van der Waals surface area contributed by atoms with Gasteiger partial charge in [0.15, 0.2) is 0 Å². The number of aliphatic hydroxyl groups is 1. The average Bonchev–Trinajstić information content (AvgIpc) is 2.25. The molecule has 0 bridgehead atoms. The third-order valence-corrected chi connectivity index (χ3v) is 4.82. The number of sulfonamides is 1. The molecule has 0 heterocycles. The smallest absolute Gasteiger partial charge is 0.276 e. The molecule has 1 aromatic rings. The van der Waals surface area contributed by atoms with Gasteiger partial charge in [-0.1, -0.05) is 0 Å². The highest BCUT2D eigenvalue weighted by molar-refractivity contribution is 7.89. The van der Waals surface area contributed by atoms with Gasteiger partial charge in [0.25, 0.3) is 5.69 Å². The zero-order valence-electron chi connectivity index (χ0n) is 11.8. The Hall–Kier alpha value is -1.51. The summed E-state index contributed by atoms with van der Waals surface area (Å²) in [7, 11) is -3.92. The van der Waals surface area contributed by atoms with Gasteiger partial charge in [-0.05, 0) is 39.3 Å². The highest BCUT2D eigenvalue weighted by Crippen LogP contribution is 2.31. The second kappa shape index (κ2) is 5.86. The van der Waals surface area contributed by atoms with Crippen molar-refractivity contribution < 1.29 is 18.4 Å². The Bertz CT molecular complexity index is 640. The van der Waals surface area contributed by atoms with Crippen LogP contribution < -0.4 is 4.72 Å². The maximum atomic E-state index is 12.3. The first kappa shape index (κ1) is 16.5. The lowest BCUT2D eigenvalue weighted by molar-refractivity contribution is -0.386. The van der Waals surface area contributed by atoms with E-state index in [1.807, 2.05) is 0 Å². The summed E-state index contributed by atoms with van der Waals surface area (Å²) < 4.78 is 26.9. The fraction of sp³-hybridized carbons (Fsp3) is 0.500. The first-order chi connectivity index (χ1) is 9.11. The fourth-order valence-electron chi connectivity index (χ4n) is 2.21. The number of hydrogen-bond acceptors (Lipinski definition) is 5. The predicted octanol–water partition coefficient (Wildman–Crippen LogP) is 1.18. The predicted molar refractivity (Wildman–Crippen MR) is 74.2 cm³/mol. The molecular weight excluding hydrogens is 284 g/mol. The van der Waals surface area contributed by atoms with Crippen molar-refractivity contribution in [3.05, 3.63) is 32.9 Å². The molecular formula is C12H18N2O5S. The topological polar surface area (TPSA) is 110 Å². The Morgan fingerprint density at radius 2 is 1.90 bits per heavy atom. The second-order valence-electron chi connectivity index (χ2n) is 4.78. The molecule has 1 aromatic carbocycles. The fourth-order valence-corrected chi connectivity index (χ4v) is 3.92. The monoisotopic (exact) mass is 302 g/mol. The molecule has 0 unspecified atom stereocenters. The number of nitrogens with one attached hydrogen (secondary N) is 1. The van der Waals surface area contributed by atoms with Crippen LogP contribution in [0.2, 0.25) is 0 Å². The molecule has 0 amide bonds. The maximum absolute atomic E-state index is 12.3. The minimum absolute atomic E-state index is 0.102. The van der Waals surface area contributed by atoms with Gasteiger partial charge in [0, 0.05) is 17.2 Å². The van der Waals surface area contributed by atoms with Gasteiger partial charge in [0.1, 0.15) is 0 Å². The number of hydrogen-bond donors (Lipinski definition) is 2. The lowest BCUT2D eigenvalue weighted by Gasteiger charge is -2.16. The maximum Gasteiger partial charge on any atom is 0.276 e. The molecule has 0 saturated carbocycles. The van der Waals surface area contributed by atoms with Crippen LogP contribution in [0.4, 0.5) is 5.69 Å². The lowest BCUT2D eigenvalue weighted by Crippen LogP contribution is -2.35. The van der Waals surface area contributed by atoms with E-state index in [0.29, 0.717) is 11.1 Å². The summed E-state index contributed by atoms with van der Waals surface area (Å²) in [5, 5.41) is 20.0. The van der Waals surface area contributed by atoms with Crippen LogP contribution in [0.1, 0.15) is 23.6 Å². The second-order valence-corrected chi connectivity index (χ2v) is 6.43. The minimum Gasteiger partial charge on any atom is -0.395 e. The van der Waals surface area contributed by atoms with Crippen molar-refractivity contribution in [3.63, 3.8) is 0 Å². The zero-order valence-corrected chi connectivity index (χ0v) is 12.6. The van der Waals surface area contributed by atoms with Gasteiger partial charge in [-0.15, -0.1) is 0 Å². The van der Waals surface area contributed by atoms with E-state index < -0.39 is 21.0 Å². The Morgan fingerprint density at radius 1 is 1.35 bits per heavy atom. The number of nitrogens with zero attached hydrogens (tertiary/aromatic N) is 1. The summed E-state index contributed by atoms with van der Waals surface area (Å²) in [4.78, 5) is 10.4. The molecule has 7 nitrogen and oxygen atoms in total. The summed E-state index contributed by atoms with van der Waals surface area (Å²) in [6.07, 6.45) is 0. The summed E-state index contributed by atoms with van der Waals surface area (Å²) in [5.41, 5.74) is 0.750. The Labute approximate surface area is 117 Å². The van der Waals surface area contributed by atoms with Crippen LogP contribution in [0.3, 0.4) is 0 Å². The van der Waals surface area contributed by atoms with Crippen LogP contribution >= 0.6 is 0 Å². The van der Waals surface area contributed by atoms with E-state index >= 15 is 0 Å². The van der Waals surface area contributed by atoms with Gasteiger partial charge in [-0.2, -0.15) is 0 Å². The summed E-state index contributed by atoms with van der Waals surface area (Å²) in [6.45, 7) is 5.71. The van der Waals surface area contributed by atoms with E-state index in [9.17, 15) is 18.5 Å². The number of aliphatic hydroxyl groups excluding tert-OH is 1. The number of nitro groups is 1. The molecule has 0 saturated heterocycles. The number of aryl methyl sites for hydroxylation is 2. The van der Waals surface area contributed by atoms with Crippen molar-refractivity contribution in [1.82, 2.24) is 4.72 Å². The third kappa shape index (κ3) is 3.14. The molecule has 0 aliphatic rings. The van der Waals surface area contributed by atoms with E-state index in [2.05, 4.69) is 4.72 Å². The number of rotatable bonds is 5. The first-order valence-corrected chi connectivity index (χ1v) is 7.48. The third-order valence-electron chi connectivity index (χ3n) is 2.94. The summed E-state index contributed by atoms with van der Waals surface area (Å²) in [6, 6.07) is 0.808. The molecule has 0 aromatic heterocycles. The zero-order chi connectivity index (χ0) is 15.7. The molecule has 112 valence electrons. The van der Waals surface area contributed by atoms with Gasteiger partial charge in [-0.25, -0.2) is 13.1 Å². The molecule has 0 aliphatic heterocycles. The van der Waals surface area contributed by atoms with Crippen molar-refractivity contribution >= 4 is 15.7 Å². The molecule has 20 heavy (non-hydrogen) atoms. The van der Waals surface area contributed by atoms with Crippen molar-refractivity contribution in [2.24, 2.45) is 0 Å². The molecule has 8 heteroatoms. The van der Waals surface area contributed by atoms with Crippen LogP contribution in [0.5, 0.6) is 0 Å². The van der Waals surface area contributed by atoms with E-state index in [-0.39, 0.29) is 22.8 Å².